The number of carbonyl (C=O) groups excluding carboxylic acids is 2. The quantitative estimate of drug-likeness (QED) is 0.358. The number of amides is 2. The molecular weight excluding hydrogens is 272 g/mol. The Kier molecular flexibility index (Phi) is 11.8. The Morgan fingerprint density at radius 1 is 0.889 bits per heavy atom. The first-order valence-electron chi connectivity index (χ1n) is 5.31. The van der Waals surface area contributed by atoms with Crippen molar-refractivity contribution < 1.29 is 9.59 Å². The molecule has 6 N–H and O–H groups in total. The zero-order valence-corrected chi connectivity index (χ0v) is 11.6. The molecule has 6 nitrogen and oxygen atoms in total. The van der Waals surface area contributed by atoms with E-state index in [-0.39, 0.29) is 11.8 Å². The maximum atomic E-state index is 11.0. The van der Waals surface area contributed by atoms with E-state index in [1.807, 2.05) is 0 Å². The van der Waals surface area contributed by atoms with Crippen LogP contribution in [-0.2, 0) is 9.59 Å². The third kappa shape index (κ3) is 11.5. The minimum absolute atomic E-state index is 0.107. The summed E-state index contributed by atoms with van der Waals surface area (Å²) in [6, 6.07) is 0. The zero-order valence-electron chi connectivity index (χ0n) is 9.93. The average Bonchev–Trinajstić information content (AvgIpc) is 2.33. The maximum Gasteiger partial charge on any atom is 0.225 e. The Hall–Kier alpha value is -0.960. The Morgan fingerprint density at radius 2 is 1.28 bits per heavy atom. The van der Waals surface area contributed by atoms with Crippen LogP contribution < -0.4 is 22.1 Å². The maximum absolute atomic E-state index is 11.0. The van der Waals surface area contributed by atoms with Crippen molar-refractivity contribution in [2.45, 2.75) is 12.8 Å². The van der Waals surface area contributed by atoms with E-state index >= 15 is 0 Å². The second kappa shape index (κ2) is 12.5. The van der Waals surface area contributed by atoms with Crippen molar-refractivity contribution in [3.05, 3.63) is 23.2 Å². The molecule has 0 heterocycles. The van der Waals surface area contributed by atoms with Crippen molar-refractivity contribution in [1.82, 2.24) is 10.6 Å². The van der Waals surface area contributed by atoms with Crippen molar-refractivity contribution in [1.29, 1.82) is 0 Å². The number of carbonyl (C=O) groups is 2. The molecule has 18 heavy (non-hydrogen) atoms. The van der Waals surface area contributed by atoms with Crippen LogP contribution in [0.1, 0.15) is 12.8 Å². The Bertz CT molecular complexity index is 278. The first-order valence-corrected chi connectivity index (χ1v) is 7.59. The molecule has 0 saturated carbocycles. The van der Waals surface area contributed by atoms with Gasteiger partial charge < -0.3 is 22.1 Å². The van der Waals surface area contributed by atoms with Crippen LogP contribution in [-0.4, -0.2) is 24.9 Å². The summed E-state index contributed by atoms with van der Waals surface area (Å²) in [5, 5.41) is 8.59. The molecule has 0 bridgehead atoms. The highest BCUT2D eigenvalue weighted by Crippen LogP contribution is 2.22. The third-order valence-corrected chi connectivity index (χ3v) is 3.14. The van der Waals surface area contributed by atoms with Gasteiger partial charge in [0, 0.05) is 38.3 Å². The summed E-state index contributed by atoms with van der Waals surface area (Å²) in [4.78, 5) is 22.0. The van der Waals surface area contributed by atoms with Gasteiger partial charge in [-0.25, -0.2) is 0 Å². The number of nitrogens with one attached hydrogen (secondary N) is 2. The van der Waals surface area contributed by atoms with Gasteiger partial charge in [0.25, 0.3) is 0 Å². The molecular formula is C10H18N4O2S2. The highest BCUT2D eigenvalue weighted by atomic mass is 33.1. The van der Waals surface area contributed by atoms with E-state index in [0.29, 0.717) is 25.9 Å². The molecule has 0 fully saturated rings. The van der Waals surface area contributed by atoms with Gasteiger partial charge in [-0.3, -0.25) is 9.59 Å². The first kappa shape index (κ1) is 17.0. The van der Waals surface area contributed by atoms with Crippen molar-refractivity contribution >= 4 is 33.4 Å². The second-order valence-corrected chi connectivity index (χ2v) is 5.09. The molecule has 0 rings (SSSR count). The van der Waals surface area contributed by atoms with Gasteiger partial charge >= 0.3 is 0 Å². The van der Waals surface area contributed by atoms with E-state index in [4.69, 9.17) is 11.5 Å². The minimum Gasteiger partial charge on any atom is -0.332 e. The van der Waals surface area contributed by atoms with E-state index in [9.17, 15) is 9.59 Å². The minimum atomic E-state index is -0.107. The topological polar surface area (TPSA) is 110 Å². The molecule has 0 aliphatic heterocycles. The summed E-state index contributed by atoms with van der Waals surface area (Å²) in [6.07, 6.45) is 3.73. The zero-order chi connectivity index (χ0) is 13.6. The number of nitrogens with two attached hydrogens (primary N) is 2. The van der Waals surface area contributed by atoms with E-state index in [2.05, 4.69) is 10.6 Å². The lowest BCUT2D eigenvalue weighted by atomic mass is 10.4. The summed E-state index contributed by atoms with van der Waals surface area (Å²) >= 11 is 0. The predicted molar refractivity (Wildman–Crippen MR) is 77.1 cm³/mol. The van der Waals surface area contributed by atoms with Crippen LogP contribution in [0.4, 0.5) is 0 Å². The second-order valence-electron chi connectivity index (χ2n) is 3.01. The summed E-state index contributed by atoms with van der Waals surface area (Å²) in [6.45, 7) is 0.680. The van der Waals surface area contributed by atoms with Crippen LogP contribution >= 0.6 is 21.6 Å². The van der Waals surface area contributed by atoms with Gasteiger partial charge in [0.05, 0.1) is 0 Å². The smallest absolute Gasteiger partial charge is 0.225 e. The third-order valence-electron chi connectivity index (χ3n) is 1.53. The molecule has 0 saturated heterocycles. The van der Waals surface area contributed by atoms with Gasteiger partial charge in [-0.15, -0.1) is 0 Å². The molecule has 2 amide bonds. The summed E-state index contributed by atoms with van der Waals surface area (Å²) in [5.74, 6) is -0.215. The van der Waals surface area contributed by atoms with Gasteiger partial charge in [-0.2, -0.15) is 0 Å². The molecule has 0 aromatic rings. The van der Waals surface area contributed by atoms with E-state index in [1.54, 1.807) is 23.2 Å². The van der Waals surface area contributed by atoms with E-state index in [0.717, 1.165) is 0 Å². The standard InChI is InChI=1S/C10H18N4O2S2/c11-3-1-9(15)13-5-7-17-18-8-6-14-10(16)2-4-12/h5-8H,1-4,11-12H2,(H,13,15)(H,14,16). The van der Waals surface area contributed by atoms with Crippen molar-refractivity contribution in [3.63, 3.8) is 0 Å². The fourth-order valence-electron chi connectivity index (χ4n) is 0.780. The van der Waals surface area contributed by atoms with Crippen LogP contribution in [0.3, 0.4) is 0 Å². The Morgan fingerprint density at radius 3 is 1.61 bits per heavy atom. The van der Waals surface area contributed by atoms with E-state index < -0.39 is 0 Å². The summed E-state index contributed by atoms with van der Waals surface area (Å²) in [7, 11) is 2.81. The molecule has 0 aliphatic carbocycles. The van der Waals surface area contributed by atoms with Crippen LogP contribution in [0.5, 0.6) is 0 Å². The summed E-state index contributed by atoms with van der Waals surface area (Å²) in [5.41, 5.74) is 10.4. The Labute approximate surface area is 114 Å². The summed E-state index contributed by atoms with van der Waals surface area (Å²) < 4.78 is 0. The fourth-order valence-corrected chi connectivity index (χ4v) is 1.87. The molecule has 0 radical (unpaired) electrons. The monoisotopic (exact) mass is 290 g/mol. The molecule has 0 aliphatic rings. The van der Waals surface area contributed by atoms with Gasteiger partial charge in [0.2, 0.25) is 11.8 Å². The molecule has 0 aromatic carbocycles. The lowest BCUT2D eigenvalue weighted by molar-refractivity contribution is -0.120. The highest BCUT2D eigenvalue weighted by Gasteiger charge is 1.94. The van der Waals surface area contributed by atoms with Gasteiger partial charge in [0.15, 0.2) is 0 Å². The van der Waals surface area contributed by atoms with Crippen molar-refractivity contribution in [2.75, 3.05) is 13.1 Å². The molecule has 8 heteroatoms. The normalized spacial score (nSPS) is 11.0. The predicted octanol–water partition coefficient (Wildman–Crippen LogP) is 0.240. The number of hydrogen-bond donors (Lipinski definition) is 4. The van der Waals surface area contributed by atoms with Crippen LogP contribution in [0.25, 0.3) is 0 Å². The van der Waals surface area contributed by atoms with Crippen LogP contribution in [0.2, 0.25) is 0 Å². The fraction of sp³-hybridized carbons (Fsp3) is 0.400. The lowest BCUT2D eigenvalue weighted by Gasteiger charge is -1.96. The van der Waals surface area contributed by atoms with Gasteiger partial charge in [0.1, 0.15) is 0 Å². The molecule has 0 spiro atoms. The molecule has 0 atom stereocenters. The number of rotatable bonds is 9. The first-order chi connectivity index (χ1) is 8.70. The largest absolute Gasteiger partial charge is 0.332 e. The van der Waals surface area contributed by atoms with E-state index in [1.165, 1.54) is 21.6 Å². The molecule has 0 unspecified atom stereocenters. The highest BCUT2D eigenvalue weighted by molar-refractivity contribution is 8.78. The SMILES string of the molecule is NCCC(=O)NC=CSSC=CNC(=O)CCN. The lowest BCUT2D eigenvalue weighted by Crippen LogP contribution is -2.20. The van der Waals surface area contributed by atoms with Crippen LogP contribution in [0.15, 0.2) is 23.2 Å². The van der Waals surface area contributed by atoms with Gasteiger partial charge in [-0.05, 0) is 10.8 Å². The Balaban J connectivity index is 3.49. The van der Waals surface area contributed by atoms with Crippen molar-refractivity contribution in [3.8, 4) is 0 Å². The van der Waals surface area contributed by atoms with Crippen molar-refractivity contribution in [2.24, 2.45) is 11.5 Å². The molecule has 0 aromatic heterocycles. The number of hydrogen-bond acceptors (Lipinski definition) is 6. The average molecular weight is 290 g/mol. The van der Waals surface area contributed by atoms with Gasteiger partial charge in [-0.1, -0.05) is 21.6 Å². The molecule has 102 valence electrons. The van der Waals surface area contributed by atoms with Crippen LogP contribution in [0, 0.1) is 0 Å².